The van der Waals surface area contributed by atoms with Crippen molar-refractivity contribution in [3.8, 4) is 5.75 Å². The number of ether oxygens (including phenoxy) is 1. The summed E-state index contributed by atoms with van der Waals surface area (Å²) < 4.78 is 41.6. The standard InChI is InChI=1S/C20H22F3N3O3/c1-12(2)18(27)26-17-10-15(7-8-24-17)19(28)25-13(3)14-5-4-6-16(9-14)29-11-20(21,22)23/h4-10,12-13H,11H2,1-3H3,(H,25,28)(H,24,26,27). The number of halogens is 3. The molecule has 0 bridgehead atoms. The average Bonchev–Trinajstić information content (AvgIpc) is 2.66. The van der Waals surface area contributed by atoms with Crippen molar-refractivity contribution < 1.29 is 27.5 Å². The summed E-state index contributed by atoms with van der Waals surface area (Å²) in [5.74, 6) is -0.558. The highest BCUT2D eigenvalue weighted by molar-refractivity contribution is 5.97. The second-order valence-electron chi connectivity index (χ2n) is 6.75. The Hall–Kier alpha value is -3.10. The summed E-state index contributed by atoms with van der Waals surface area (Å²) in [5.41, 5.74) is 0.871. The fourth-order valence-corrected chi connectivity index (χ4v) is 2.31. The molecule has 0 aliphatic carbocycles. The van der Waals surface area contributed by atoms with Crippen LogP contribution in [-0.4, -0.2) is 29.6 Å². The van der Waals surface area contributed by atoms with E-state index in [4.69, 9.17) is 4.74 Å². The molecule has 0 saturated heterocycles. The Morgan fingerprint density at radius 2 is 1.86 bits per heavy atom. The first-order valence-corrected chi connectivity index (χ1v) is 8.92. The third kappa shape index (κ3) is 7.10. The molecule has 0 aliphatic rings. The lowest BCUT2D eigenvalue weighted by Gasteiger charge is -2.16. The van der Waals surface area contributed by atoms with Crippen LogP contribution in [0.4, 0.5) is 19.0 Å². The molecule has 0 saturated carbocycles. The van der Waals surface area contributed by atoms with Crippen molar-refractivity contribution >= 4 is 17.6 Å². The highest BCUT2D eigenvalue weighted by Crippen LogP contribution is 2.22. The lowest BCUT2D eigenvalue weighted by atomic mass is 10.1. The first-order chi connectivity index (χ1) is 13.5. The molecule has 2 rings (SSSR count). The second-order valence-corrected chi connectivity index (χ2v) is 6.75. The number of nitrogens with one attached hydrogen (secondary N) is 2. The summed E-state index contributed by atoms with van der Waals surface area (Å²) in [5, 5.41) is 5.37. The maximum Gasteiger partial charge on any atom is 0.422 e. The number of aromatic nitrogens is 1. The number of hydrogen-bond acceptors (Lipinski definition) is 4. The normalized spacial score (nSPS) is 12.4. The van der Waals surface area contributed by atoms with Crippen LogP contribution in [0.15, 0.2) is 42.6 Å². The first-order valence-electron chi connectivity index (χ1n) is 8.92. The number of amides is 2. The van der Waals surface area contributed by atoms with Crippen LogP contribution in [-0.2, 0) is 4.79 Å². The van der Waals surface area contributed by atoms with Gasteiger partial charge in [-0.2, -0.15) is 13.2 Å². The second kappa shape index (κ2) is 9.40. The molecule has 1 unspecified atom stereocenters. The number of rotatable bonds is 7. The summed E-state index contributed by atoms with van der Waals surface area (Å²) >= 11 is 0. The summed E-state index contributed by atoms with van der Waals surface area (Å²) in [6, 6.07) is 8.54. The van der Waals surface area contributed by atoms with Gasteiger partial charge in [0.2, 0.25) is 5.91 Å². The minimum absolute atomic E-state index is 0.0588. The Morgan fingerprint density at radius 1 is 1.14 bits per heavy atom. The molecule has 2 N–H and O–H groups in total. The Bertz CT molecular complexity index is 869. The topological polar surface area (TPSA) is 80.3 Å². The van der Waals surface area contributed by atoms with Gasteiger partial charge in [-0.05, 0) is 36.8 Å². The molecule has 1 aromatic carbocycles. The highest BCUT2D eigenvalue weighted by atomic mass is 19.4. The van der Waals surface area contributed by atoms with Crippen molar-refractivity contribution in [2.24, 2.45) is 5.92 Å². The molecule has 2 amide bonds. The molecule has 1 atom stereocenters. The van der Waals surface area contributed by atoms with Gasteiger partial charge in [0.1, 0.15) is 11.6 Å². The van der Waals surface area contributed by atoms with Crippen LogP contribution in [0.2, 0.25) is 0 Å². The molecule has 1 aromatic heterocycles. The fraction of sp³-hybridized carbons (Fsp3) is 0.350. The van der Waals surface area contributed by atoms with Crippen LogP contribution in [0.5, 0.6) is 5.75 Å². The van der Waals surface area contributed by atoms with Crippen LogP contribution >= 0.6 is 0 Å². The number of benzene rings is 1. The van der Waals surface area contributed by atoms with E-state index in [1.807, 2.05) is 0 Å². The zero-order chi connectivity index (χ0) is 21.6. The van der Waals surface area contributed by atoms with E-state index in [-0.39, 0.29) is 29.0 Å². The van der Waals surface area contributed by atoms with Gasteiger partial charge in [-0.25, -0.2) is 4.98 Å². The van der Waals surface area contributed by atoms with Crippen LogP contribution in [0.3, 0.4) is 0 Å². The SMILES string of the molecule is CC(C)C(=O)Nc1cc(C(=O)NC(C)c2cccc(OCC(F)(F)F)c2)ccn1. The monoisotopic (exact) mass is 409 g/mol. The Kier molecular flexibility index (Phi) is 7.19. The van der Waals surface area contributed by atoms with Crippen LogP contribution in [0.1, 0.15) is 42.7 Å². The van der Waals surface area contributed by atoms with Crippen molar-refractivity contribution in [2.45, 2.75) is 33.0 Å². The molecule has 0 fully saturated rings. The smallest absolute Gasteiger partial charge is 0.422 e. The molecular weight excluding hydrogens is 387 g/mol. The van der Waals surface area contributed by atoms with E-state index in [1.54, 1.807) is 32.9 Å². The summed E-state index contributed by atoms with van der Waals surface area (Å²) in [6.45, 7) is 3.78. The van der Waals surface area contributed by atoms with Gasteiger partial charge in [-0.3, -0.25) is 9.59 Å². The number of pyridine rings is 1. The molecule has 6 nitrogen and oxygen atoms in total. The first kappa shape index (κ1) is 22.2. The number of hydrogen-bond donors (Lipinski definition) is 2. The number of alkyl halides is 3. The van der Waals surface area contributed by atoms with Gasteiger partial charge in [0.05, 0.1) is 6.04 Å². The molecule has 2 aromatic rings. The predicted octanol–water partition coefficient (Wildman–Crippen LogP) is 4.11. The fourth-order valence-electron chi connectivity index (χ4n) is 2.31. The molecule has 1 heterocycles. The summed E-state index contributed by atoms with van der Waals surface area (Å²) in [4.78, 5) is 28.3. The Morgan fingerprint density at radius 3 is 2.52 bits per heavy atom. The van der Waals surface area contributed by atoms with Crippen LogP contribution < -0.4 is 15.4 Å². The zero-order valence-electron chi connectivity index (χ0n) is 16.2. The molecular formula is C20H22F3N3O3. The Balaban J connectivity index is 2.04. The van der Waals surface area contributed by atoms with Gasteiger partial charge < -0.3 is 15.4 Å². The third-order valence-corrected chi connectivity index (χ3v) is 3.91. The molecule has 0 spiro atoms. The summed E-state index contributed by atoms with van der Waals surface area (Å²) in [6.07, 6.45) is -3.03. The minimum atomic E-state index is -4.43. The maximum atomic E-state index is 12.5. The molecule has 156 valence electrons. The summed E-state index contributed by atoms with van der Waals surface area (Å²) in [7, 11) is 0. The van der Waals surface area contributed by atoms with E-state index in [0.717, 1.165) is 0 Å². The van der Waals surface area contributed by atoms with Gasteiger partial charge >= 0.3 is 6.18 Å². The van der Waals surface area contributed by atoms with Crippen LogP contribution in [0, 0.1) is 5.92 Å². The van der Waals surface area contributed by atoms with E-state index in [0.29, 0.717) is 5.56 Å². The lowest BCUT2D eigenvalue weighted by molar-refractivity contribution is -0.153. The minimum Gasteiger partial charge on any atom is -0.484 e. The maximum absolute atomic E-state index is 12.5. The number of nitrogens with zero attached hydrogens (tertiary/aromatic N) is 1. The van der Waals surface area contributed by atoms with Gasteiger partial charge in [-0.1, -0.05) is 26.0 Å². The average molecular weight is 409 g/mol. The van der Waals surface area contributed by atoms with Gasteiger partial charge in [0.25, 0.3) is 5.91 Å². The van der Waals surface area contributed by atoms with Crippen molar-refractivity contribution in [3.63, 3.8) is 0 Å². The lowest BCUT2D eigenvalue weighted by Crippen LogP contribution is -2.27. The number of carbonyl (C=O) groups excluding carboxylic acids is 2. The molecule has 0 radical (unpaired) electrons. The molecule has 29 heavy (non-hydrogen) atoms. The van der Waals surface area contributed by atoms with Gasteiger partial charge in [-0.15, -0.1) is 0 Å². The highest BCUT2D eigenvalue weighted by Gasteiger charge is 2.28. The zero-order valence-corrected chi connectivity index (χ0v) is 16.2. The van der Waals surface area contributed by atoms with Crippen molar-refractivity contribution in [1.82, 2.24) is 10.3 Å². The Labute approximate surface area is 166 Å². The van der Waals surface area contributed by atoms with Gasteiger partial charge in [0.15, 0.2) is 6.61 Å². The van der Waals surface area contributed by atoms with E-state index >= 15 is 0 Å². The van der Waals surface area contributed by atoms with Crippen molar-refractivity contribution in [1.29, 1.82) is 0 Å². The number of anilines is 1. The van der Waals surface area contributed by atoms with E-state index < -0.39 is 24.7 Å². The molecule has 9 heteroatoms. The third-order valence-electron chi connectivity index (χ3n) is 3.91. The molecule has 0 aliphatic heterocycles. The van der Waals surface area contributed by atoms with Gasteiger partial charge in [0, 0.05) is 17.7 Å². The quantitative estimate of drug-likeness (QED) is 0.721. The number of carbonyl (C=O) groups is 2. The van der Waals surface area contributed by atoms with E-state index in [9.17, 15) is 22.8 Å². The van der Waals surface area contributed by atoms with E-state index in [1.165, 1.54) is 30.5 Å². The van der Waals surface area contributed by atoms with Crippen molar-refractivity contribution in [2.75, 3.05) is 11.9 Å². The van der Waals surface area contributed by atoms with Crippen molar-refractivity contribution in [3.05, 3.63) is 53.7 Å². The largest absolute Gasteiger partial charge is 0.484 e. The van der Waals surface area contributed by atoms with Crippen LogP contribution in [0.25, 0.3) is 0 Å². The predicted molar refractivity (Wildman–Crippen MR) is 102 cm³/mol. The van der Waals surface area contributed by atoms with E-state index in [2.05, 4.69) is 15.6 Å².